The number of nitrogens with one attached hydrogen (secondary N) is 1. The maximum atomic E-state index is 12.9. The lowest BCUT2D eigenvalue weighted by Gasteiger charge is -2.09. The van der Waals surface area contributed by atoms with E-state index in [1.54, 1.807) is 7.05 Å². The molecular weight excluding hydrogens is 342 g/mol. The van der Waals surface area contributed by atoms with Gasteiger partial charge in [0.2, 0.25) is 11.6 Å². The molecule has 1 N–H and O–H groups in total. The average molecular weight is 361 g/mol. The largest absolute Gasteiger partial charge is 0.423 e. The molecule has 0 unspecified atom stereocenters. The van der Waals surface area contributed by atoms with Crippen molar-refractivity contribution in [3.05, 3.63) is 81.0 Å². The van der Waals surface area contributed by atoms with Crippen LogP contribution >= 0.6 is 0 Å². The highest BCUT2D eigenvalue weighted by Gasteiger charge is 2.23. The summed E-state index contributed by atoms with van der Waals surface area (Å²) in [6, 6.07) is 17.3. The van der Waals surface area contributed by atoms with Crippen LogP contribution in [-0.4, -0.2) is 9.13 Å². The second-order valence-electron chi connectivity index (χ2n) is 6.50. The van der Waals surface area contributed by atoms with Crippen LogP contribution in [0.5, 0.6) is 0 Å². The standard InChI is InChI=1S/C21H19N3O3/c1-13-9-7-8-12-15(13)22-18-16(14-10-5-4-6-11-14)17-19(25)23(2)21(26)24(3)20(17)27-18/h4-12,22H,1-3H3. The SMILES string of the molecule is Cc1ccccc1Nc1oc2c(c1-c1ccccc1)c(=O)n(C)c(=O)n2C. The first kappa shape index (κ1) is 16.9. The number of benzene rings is 2. The summed E-state index contributed by atoms with van der Waals surface area (Å²) in [6.45, 7) is 1.99. The molecule has 0 saturated heterocycles. The van der Waals surface area contributed by atoms with Crippen molar-refractivity contribution in [2.45, 2.75) is 6.92 Å². The molecule has 2 aromatic carbocycles. The number of aryl methyl sites for hydroxylation is 2. The van der Waals surface area contributed by atoms with Gasteiger partial charge in [0.15, 0.2) is 0 Å². The van der Waals surface area contributed by atoms with Crippen LogP contribution in [-0.2, 0) is 14.1 Å². The second kappa shape index (κ2) is 6.32. The zero-order valence-corrected chi connectivity index (χ0v) is 15.3. The van der Waals surface area contributed by atoms with E-state index in [1.807, 2.05) is 61.5 Å². The molecule has 0 radical (unpaired) electrons. The van der Waals surface area contributed by atoms with Crippen LogP contribution in [0, 0.1) is 6.92 Å². The van der Waals surface area contributed by atoms with Crippen molar-refractivity contribution in [3.63, 3.8) is 0 Å². The van der Waals surface area contributed by atoms with Gasteiger partial charge in [0, 0.05) is 19.8 Å². The Morgan fingerprint density at radius 3 is 2.26 bits per heavy atom. The lowest BCUT2D eigenvalue weighted by atomic mass is 10.1. The van der Waals surface area contributed by atoms with Gasteiger partial charge in [-0.25, -0.2) is 4.79 Å². The quantitative estimate of drug-likeness (QED) is 0.606. The fourth-order valence-electron chi connectivity index (χ4n) is 3.22. The molecule has 2 heterocycles. The fourth-order valence-corrected chi connectivity index (χ4v) is 3.22. The van der Waals surface area contributed by atoms with Gasteiger partial charge in [-0.2, -0.15) is 0 Å². The summed E-state index contributed by atoms with van der Waals surface area (Å²) in [6.07, 6.45) is 0. The van der Waals surface area contributed by atoms with E-state index in [0.717, 1.165) is 21.4 Å². The van der Waals surface area contributed by atoms with Gasteiger partial charge in [0.05, 0.1) is 5.56 Å². The second-order valence-corrected chi connectivity index (χ2v) is 6.50. The molecule has 0 fully saturated rings. The van der Waals surface area contributed by atoms with E-state index in [-0.39, 0.29) is 11.3 Å². The monoisotopic (exact) mass is 361 g/mol. The van der Waals surface area contributed by atoms with E-state index in [0.29, 0.717) is 16.8 Å². The molecule has 0 amide bonds. The minimum absolute atomic E-state index is 0.248. The lowest BCUT2D eigenvalue weighted by molar-refractivity contribution is 0.577. The summed E-state index contributed by atoms with van der Waals surface area (Å²) >= 11 is 0. The summed E-state index contributed by atoms with van der Waals surface area (Å²) in [5, 5.41) is 3.67. The van der Waals surface area contributed by atoms with Crippen molar-refractivity contribution in [1.82, 2.24) is 9.13 Å². The first-order chi connectivity index (χ1) is 13.0. The average Bonchev–Trinajstić information content (AvgIpc) is 3.06. The van der Waals surface area contributed by atoms with E-state index < -0.39 is 5.69 Å². The molecule has 27 heavy (non-hydrogen) atoms. The predicted molar refractivity (Wildman–Crippen MR) is 107 cm³/mol. The van der Waals surface area contributed by atoms with Crippen molar-refractivity contribution < 1.29 is 4.42 Å². The highest BCUT2D eigenvalue weighted by molar-refractivity contribution is 5.99. The Kier molecular flexibility index (Phi) is 3.96. The normalized spacial score (nSPS) is 11.1. The number of aromatic nitrogens is 2. The van der Waals surface area contributed by atoms with Crippen LogP contribution < -0.4 is 16.6 Å². The van der Waals surface area contributed by atoms with Gasteiger partial charge in [-0.3, -0.25) is 13.9 Å². The van der Waals surface area contributed by atoms with Crippen LogP contribution in [0.25, 0.3) is 22.2 Å². The first-order valence-corrected chi connectivity index (χ1v) is 8.59. The number of nitrogens with zero attached hydrogens (tertiary/aromatic N) is 2. The topological polar surface area (TPSA) is 69.2 Å². The molecule has 6 nitrogen and oxygen atoms in total. The summed E-state index contributed by atoms with van der Waals surface area (Å²) in [5.74, 6) is 0.434. The van der Waals surface area contributed by atoms with Crippen molar-refractivity contribution in [2.75, 3.05) is 5.32 Å². The Hall–Kier alpha value is -3.54. The van der Waals surface area contributed by atoms with Crippen LogP contribution in [0.1, 0.15) is 5.56 Å². The van der Waals surface area contributed by atoms with Crippen molar-refractivity contribution >= 4 is 22.7 Å². The fraction of sp³-hybridized carbons (Fsp3) is 0.143. The summed E-state index contributed by atoms with van der Waals surface area (Å²) in [4.78, 5) is 25.2. The molecule has 2 aromatic heterocycles. The van der Waals surface area contributed by atoms with E-state index in [2.05, 4.69) is 5.32 Å². The number of rotatable bonds is 3. The molecule has 0 atom stereocenters. The van der Waals surface area contributed by atoms with Gasteiger partial charge in [0.25, 0.3) is 5.56 Å². The highest BCUT2D eigenvalue weighted by Crippen LogP contribution is 2.38. The van der Waals surface area contributed by atoms with Gasteiger partial charge in [0.1, 0.15) is 5.39 Å². The molecule has 0 bridgehead atoms. The molecule has 4 rings (SSSR count). The van der Waals surface area contributed by atoms with E-state index in [9.17, 15) is 9.59 Å². The summed E-state index contributed by atoms with van der Waals surface area (Å²) < 4.78 is 8.45. The Morgan fingerprint density at radius 2 is 1.56 bits per heavy atom. The van der Waals surface area contributed by atoms with Gasteiger partial charge in [-0.05, 0) is 24.1 Å². The summed E-state index contributed by atoms with van der Waals surface area (Å²) in [5.41, 5.74) is 2.83. The van der Waals surface area contributed by atoms with Crippen molar-refractivity contribution in [3.8, 4) is 11.1 Å². The van der Waals surface area contributed by atoms with Gasteiger partial charge in [-0.15, -0.1) is 0 Å². The number of hydrogen-bond donors (Lipinski definition) is 1. The Morgan fingerprint density at radius 1 is 0.889 bits per heavy atom. The minimum atomic E-state index is -0.427. The van der Waals surface area contributed by atoms with Gasteiger partial charge < -0.3 is 9.73 Å². The molecule has 0 saturated carbocycles. The van der Waals surface area contributed by atoms with Gasteiger partial charge in [-0.1, -0.05) is 48.5 Å². The minimum Gasteiger partial charge on any atom is -0.423 e. The molecule has 136 valence electrons. The maximum Gasteiger partial charge on any atom is 0.333 e. The third-order valence-corrected chi connectivity index (χ3v) is 4.74. The Labute approximate surface area is 155 Å². The van der Waals surface area contributed by atoms with Crippen LogP contribution in [0.3, 0.4) is 0 Å². The smallest absolute Gasteiger partial charge is 0.333 e. The molecule has 4 aromatic rings. The molecule has 0 aliphatic heterocycles. The molecule has 0 aliphatic rings. The number of anilines is 2. The molecule has 0 aliphatic carbocycles. The number of hydrogen-bond acceptors (Lipinski definition) is 4. The molecular formula is C21H19N3O3. The molecule has 6 heteroatoms. The maximum absolute atomic E-state index is 12.9. The third kappa shape index (κ3) is 2.66. The third-order valence-electron chi connectivity index (χ3n) is 4.74. The lowest BCUT2D eigenvalue weighted by Crippen LogP contribution is -2.36. The van der Waals surface area contributed by atoms with E-state index >= 15 is 0 Å². The molecule has 0 spiro atoms. The zero-order chi connectivity index (χ0) is 19.1. The van der Waals surface area contributed by atoms with Crippen LogP contribution in [0.4, 0.5) is 11.6 Å². The predicted octanol–water partition coefficient (Wildman–Crippen LogP) is 3.55. The van der Waals surface area contributed by atoms with E-state index in [1.165, 1.54) is 11.6 Å². The zero-order valence-electron chi connectivity index (χ0n) is 15.3. The number of fused-ring (bicyclic) bond motifs is 1. The Bertz CT molecular complexity index is 1260. The van der Waals surface area contributed by atoms with Crippen LogP contribution in [0.15, 0.2) is 68.6 Å². The van der Waals surface area contributed by atoms with E-state index in [4.69, 9.17) is 4.42 Å². The first-order valence-electron chi connectivity index (χ1n) is 8.59. The summed E-state index contributed by atoms with van der Waals surface area (Å²) in [7, 11) is 3.07. The Balaban J connectivity index is 2.08. The van der Waals surface area contributed by atoms with Crippen molar-refractivity contribution in [2.24, 2.45) is 14.1 Å². The van der Waals surface area contributed by atoms with Gasteiger partial charge >= 0.3 is 5.69 Å². The van der Waals surface area contributed by atoms with Crippen LogP contribution in [0.2, 0.25) is 0 Å². The number of furan rings is 1. The number of para-hydroxylation sites is 1. The van der Waals surface area contributed by atoms with Crippen molar-refractivity contribution in [1.29, 1.82) is 0 Å². The highest BCUT2D eigenvalue weighted by atomic mass is 16.4.